The van der Waals surface area contributed by atoms with Gasteiger partial charge >= 0.3 is 5.97 Å². The molecule has 0 aliphatic rings. The third-order valence-electron chi connectivity index (χ3n) is 1.88. The lowest BCUT2D eigenvalue weighted by Gasteiger charge is -2.02. The van der Waals surface area contributed by atoms with Gasteiger partial charge in [0.1, 0.15) is 0 Å². The zero-order valence-electron chi connectivity index (χ0n) is 8.52. The van der Waals surface area contributed by atoms with Crippen molar-refractivity contribution < 1.29 is 14.6 Å². The van der Waals surface area contributed by atoms with E-state index in [9.17, 15) is 9.90 Å². The van der Waals surface area contributed by atoms with Crippen LogP contribution < -0.4 is 0 Å². The average Bonchev–Trinajstić information content (AvgIpc) is 2.46. The molecule has 0 fully saturated rings. The number of hydrogen-bond donors (Lipinski definition) is 1. The summed E-state index contributed by atoms with van der Waals surface area (Å²) in [6, 6.07) is 1.62. The van der Waals surface area contributed by atoms with Gasteiger partial charge in [0.15, 0.2) is 5.69 Å². The Kier molecular flexibility index (Phi) is 3.24. The molecular weight excluding hydrogens is 184 g/mol. The molecule has 0 amide bonds. The summed E-state index contributed by atoms with van der Waals surface area (Å²) in [5.41, 5.74) is 1.08. The minimum absolute atomic E-state index is 0.269. The van der Waals surface area contributed by atoms with Gasteiger partial charge in [-0.05, 0) is 13.0 Å². The molecule has 78 valence electrons. The molecule has 1 atom stereocenters. The SMILES string of the molecule is COC(=O)c1cc(CC(C)O)n(C)n1. The predicted molar refractivity (Wildman–Crippen MR) is 49.9 cm³/mol. The van der Waals surface area contributed by atoms with Gasteiger partial charge in [0, 0.05) is 19.2 Å². The number of carbonyl (C=O) groups excluding carboxylic acids is 1. The molecule has 5 heteroatoms. The van der Waals surface area contributed by atoms with E-state index < -0.39 is 12.1 Å². The first kappa shape index (κ1) is 10.7. The molecule has 0 spiro atoms. The van der Waals surface area contributed by atoms with Gasteiger partial charge in [-0.25, -0.2) is 4.79 Å². The maximum atomic E-state index is 11.1. The summed E-state index contributed by atoms with van der Waals surface area (Å²) >= 11 is 0. The zero-order valence-corrected chi connectivity index (χ0v) is 8.52. The van der Waals surface area contributed by atoms with Crippen LogP contribution in [0.4, 0.5) is 0 Å². The van der Waals surface area contributed by atoms with E-state index in [1.165, 1.54) is 7.11 Å². The van der Waals surface area contributed by atoms with Crippen LogP contribution in [0.1, 0.15) is 23.1 Å². The predicted octanol–water partition coefficient (Wildman–Crippen LogP) is 0.130. The number of aliphatic hydroxyl groups is 1. The number of aryl methyl sites for hydroxylation is 1. The molecule has 0 saturated carbocycles. The van der Waals surface area contributed by atoms with E-state index in [4.69, 9.17) is 0 Å². The number of ether oxygens (including phenoxy) is 1. The summed E-state index contributed by atoms with van der Waals surface area (Å²) in [6.45, 7) is 1.69. The quantitative estimate of drug-likeness (QED) is 0.701. The van der Waals surface area contributed by atoms with Gasteiger partial charge in [-0.2, -0.15) is 5.10 Å². The number of methoxy groups -OCH3 is 1. The van der Waals surface area contributed by atoms with Crippen molar-refractivity contribution in [2.75, 3.05) is 7.11 Å². The number of esters is 1. The fourth-order valence-electron chi connectivity index (χ4n) is 1.20. The number of rotatable bonds is 3. The highest BCUT2D eigenvalue weighted by Crippen LogP contribution is 2.06. The minimum Gasteiger partial charge on any atom is -0.464 e. The van der Waals surface area contributed by atoms with Gasteiger partial charge in [0.2, 0.25) is 0 Å². The van der Waals surface area contributed by atoms with Crippen molar-refractivity contribution >= 4 is 5.97 Å². The molecular formula is C9H14N2O3. The molecule has 5 nitrogen and oxygen atoms in total. The Labute approximate surface area is 82.3 Å². The van der Waals surface area contributed by atoms with Crippen LogP contribution in [-0.4, -0.2) is 34.1 Å². The summed E-state index contributed by atoms with van der Waals surface area (Å²) in [6.07, 6.45) is 0.0245. The van der Waals surface area contributed by atoms with Crippen LogP contribution in [0.15, 0.2) is 6.07 Å². The van der Waals surface area contributed by atoms with Gasteiger partial charge in [-0.15, -0.1) is 0 Å². The fourth-order valence-corrected chi connectivity index (χ4v) is 1.20. The highest BCUT2D eigenvalue weighted by molar-refractivity contribution is 5.87. The van der Waals surface area contributed by atoms with Crippen LogP contribution in [0, 0.1) is 0 Å². The molecule has 0 aromatic carbocycles. The monoisotopic (exact) mass is 198 g/mol. The largest absolute Gasteiger partial charge is 0.464 e. The molecule has 1 aromatic rings. The molecule has 1 aromatic heterocycles. The number of hydrogen-bond acceptors (Lipinski definition) is 4. The van der Waals surface area contributed by atoms with E-state index >= 15 is 0 Å². The highest BCUT2D eigenvalue weighted by atomic mass is 16.5. The highest BCUT2D eigenvalue weighted by Gasteiger charge is 2.13. The first-order valence-electron chi connectivity index (χ1n) is 4.34. The van der Waals surface area contributed by atoms with Crippen LogP contribution in [0.2, 0.25) is 0 Å². The second-order valence-electron chi connectivity index (χ2n) is 3.19. The van der Waals surface area contributed by atoms with Crippen molar-refractivity contribution in [2.24, 2.45) is 7.05 Å². The Morgan fingerprint density at radius 3 is 2.93 bits per heavy atom. The summed E-state index contributed by atoms with van der Waals surface area (Å²) < 4.78 is 6.10. The summed E-state index contributed by atoms with van der Waals surface area (Å²) in [5, 5.41) is 13.1. The second kappa shape index (κ2) is 4.23. The number of carbonyl (C=O) groups is 1. The van der Waals surface area contributed by atoms with E-state index in [-0.39, 0.29) is 5.69 Å². The van der Waals surface area contributed by atoms with Crippen molar-refractivity contribution in [3.05, 3.63) is 17.5 Å². The average molecular weight is 198 g/mol. The van der Waals surface area contributed by atoms with Crippen LogP contribution in [0.5, 0.6) is 0 Å². The van der Waals surface area contributed by atoms with Crippen LogP contribution in [0.3, 0.4) is 0 Å². The van der Waals surface area contributed by atoms with Crippen molar-refractivity contribution in [2.45, 2.75) is 19.4 Å². The smallest absolute Gasteiger partial charge is 0.358 e. The van der Waals surface area contributed by atoms with Crippen LogP contribution in [-0.2, 0) is 18.2 Å². The Balaban J connectivity index is 2.87. The van der Waals surface area contributed by atoms with Gasteiger partial charge in [0.25, 0.3) is 0 Å². The maximum absolute atomic E-state index is 11.1. The molecule has 1 N–H and O–H groups in total. The normalized spacial score (nSPS) is 12.6. The van der Waals surface area contributed by atoms with Gasteiger partial charge in [0.05, 0.1) is 13.2 Å². The first-order valence-corrected chi connectivity index (χ1v) is 4.34. The molecule has 1 heterocycles. The molecule has 0 aliphatic heterocycles. The topological polar surface area (TPSA) is 64.3 Å². The van der Waals surface area contributed by atoms with E-state index in [1.807, 2.05) is 0 Å². The summed E-state index contributed by atoms with van der Waals surface area (Å²) in [7, 11) is 3.04. The van der Waals surface area contributed by atoms with Crippen molar-refractivity contribution in [1.82, 2.24) is 9.78 Å². The molecule has 0 saturated heterocycles. The molecule has 0 aliphatic carbocycles. The number of aromatic nitrogens is 2. The fraction of sp³-hybridized carbons (Fsp3) is 0.556. The molecule has 0 radical (unpaired) electrons. The third-order valence-corrected chi connectivity index (χ3v) is 1.88. The van der Waals surface area contributed by atoms with Gasteiger partial charge in [-0.1, -0.05) is 0 Å². The van der Waals surface area contributed by atoms with Gasteiger partial charge in [-0.3, -0.25) is 4.68 Å². The second-order valence-corrected chi connectivity index (χ2v) is 3.19. The minimum atomic E-state index is -0.461. The Morgan fingerprint density at radius 2 is 2.43 bits per heavy atom. The van der Waals surface area contributed by atoms with Crippen LogP contribution >= 0.6 is 0 Å². The van der Waals surface area contributed by atoms with Crippen molar-refractivity contribution in [3.8, 4) is 0 Å². The van der Waals surface area contributed by atoms with E-state index in [1.54, 1.807) is 24.7 Å². The Morgan fingerprint density at radius 1 is 1.79 bits per heavy atom. The Bertz CT molecular complexity index is 331. The lowest BCUT2D eigenvalue weighted by Crippen LogP contribution is -2.08. The molecule has 1 rings (SSSR count). The number of aliphatic hydroxyl groups excluding tert-OH is 1. The lowest BCUT2D eigenvalue weighted by molar-refractivity contribution is 0.0593. The van der Waals surface area contributed by atoms with E-state index in [0.717, 1.165) is 5.69 Å². The first-order chi connectivity index (χ1) is 6.54. The van der Waals surface area contributed by atoms with Crippen molar-refractivity contribution in [1.29, 1.82) is 0 Å². The molecule has 14 heavy (non-hydrogen) atoms. The lowest BCUT2D eigenvalue weighted by atomic mass is 10.2. The third kappa shape index (κ3) is 2.32. The van der Waals surface area contributed by atoms with E-state index in [2.05, 4.69) is 9.84 Å². The van der Waals surface area contributed by atoms with Crippen LogP contribution in [0.25, 0.3) is 0 Å². The summed E-state index contributed by atoms with van der Waals surface area (Å²) in [5.74, 6) is -0.461. The standard InChI is InChI=1S/C9H14N2O3/c1-6(12)4-7-5-8(9(13)14-3)10-11(7)2/h5-6,12H,4H2,1-3H3. The summed E-state index contributed by atoms with van der Waals surface area (Å²) in [4.78, 5) is 11.1. The van der Waals surface area contributed by atoms with Crippen molar-refractivity contribution in [3.63, 3.8) is 0 Å². The van der Waals surface area contributed by atoms with Gasteiger partial charge < -0.3 is 9.84 Å². The molecule has 1 unspecified atom stereocenters. The number of nitrogens with zero attached hydrogens (tertiary/aromatic N) is 2. The maximum Gasteiger partial charge on any atom is 0.358 e. The van der Waals surface area contributed by atoms with E-state index in [0.29, 0.717) is 6.42 Å². The zero-order chi connectivity index (χ0) is 10.7. The Hall–Kier alpha value is -1.36. The molecule has 0 bridgehead atoms.